The number of fused-ring (bicyclic) bond motifs is 1. The maximum atomic E-state index is 12.5. The van der Waals surface area contributed by atoms with Crippen molar-refractivity contribution in [2.24, 2.45) is 0 Å². The van der Waals surface area contributed by atoms with Gasteiger partial charge in [0.25, 0.3) is 5.91 Å². The first kappa shape index (κ1) is 21.3. The third kappa shape index (κ3) is 4.78. The van der Waals surface area contributed by atoms with Gasteiger partial charge in [0.15, 0.2) is 5.69 Å². The lowest BCUT2D eigenvalue weighted by atomic mass is 10.1. The number of hydrogen-bond acceptors (Lipinski definition) is 6. The lowest BCUT2D eigenvalue weighted by Crippen LogP contribution is -2.25. The van der Waals surface area contributed by atoms with Crippen molar-refractivity contribution >= 4 is 35.6 Å². The molecular formula is C19H22ClN7O3. The van der Waals surface area contributed by atoms with E-state index in [9.17, 15) is 9.59 Å². The second-order valence-corrected chi connectivity index (χ2v) is 6.61. The summed E-state index contributed by atoms with van der Waals surface area (Å²) in [6.45, 7) is 1.49. The van der Waals surface area contributed by atoms with E-state index in [2.05, 4.69) is 31.2 Å². The van der Waals surface area contributed by atoms with Crippen LogP contribution in [-0.2, 0) is 24.3 Å². The number of H-pyrrole nitrogens is 1. The van der Waals surface area contributed by atoms with Crippen molar-refractivity contribution in [1.82, 2.24) is 25.3 Å². The molecule has 1 aliphatic rings. The van der Waals surface area contributed by atoms with E-state index < -0.39 is 0 Å². The maximum Gasteiger partial charge on any atom is 0.276 e. The van der Waals surface area contributed by atoms with E-state index in [1.54, 1.807) is 37.6 Å². The molecular weight excluding hydrogens is 410 g/mol. The quantitative estimate of drug-likeness (QED) is 0.469. The Hall–Kier alpha value is -3.37. The van der Waals surface area contributed by atoms with Crippen molar-refractivity contribution in [3.63, 3.8) is 0 Å². The Kier molecular flexibility index (Phi) is 6.70. The van der Waals surface area contributed by atoms with Gasteiger partial charge in [-0.25, -0.2) is 0 Å². The zero-order valence-corrected chi connectivity index (χ0v) is 17.1. The Morgan fingerprint density at radius 1 is 1.20 bits per heavy atom. The molecule has 0 bridgehead atoms. The van der Waals surface area contributed by atoms with Crippen LogP contribution in [0.25, 0.3) is 0 Å². The molecule has 4 N–H and O–H groups in total. The molecule has 11 heteroatoms. The van der Waals surface area contributed by atoms with Gasteiger partial charge in [-0.15, -0.1) is 12.4 Å². The number of halogens is 1. The lowest BCUT2D eigenvalue weighted by Gasteiger charge is -2.12. The minimum Gasteiger partial charge on any atom is -0.497 e. The Morgan fingerprint density at radius 3 is 2.77 bits per heavy atom. The first-order valence-corrected chi connectivity index (χ1v) is 9.17. The van der Waals surface area contributed by atoms with E-state index >= 15 is 0 Å². The molecule has 2 aromatic heterocycles. The zero-order valence-electron chi connectivity index (χ0n) is 16.3. The normalized spacial score (nSPS) is 12.4. The number of nitrogens with one attached hydrogen (secondary N) is 4. The summed E-state index contributed by atoms with van der Waals surface area (Å²) < 4.78 is 6.54. The van der Waals surface area contributed by atoms with Gasteiger partial charge in [0, 0.05) is 42.7 Å². The molecule has 3 aromatic rings. The van der Waals surface area contributed by atoms with Crippen LogP contribution >= 0.6 is 12.4 Å². The third-order valence-electron chi connectivity index (χ3n) is 4.59. The Bertz CT molecular complexity index is 1030. The van der Waals surface area contributed by atoms with Crippen molar-refractivity contribution in [1.29, 1.82) is 0 Å². The molecule has 1 aromatic carbocycles. The molecule has 158 valence electrons. The second-order valence-electron chi connectivity index (χ2n) is 6.61. The molecule has 0 saturated carbocycles. The zero-order chi connectivity index (χ0) is 20.2. The smallest absolute Gasteiger partial charge is 0.276 e. The summed E-state index contributed by atoms with van der Waals surface area (Å²) in [5.41, 5.74) is 3.40. The molecule has 4 rings (SSSR count). The molecule has 0 fully saturated rings. The lowest BCUT2D eigenvalue weighted by molar-refractivity contribution is -0.116. The second kappa shape index (κ2) is 9.42. The number of aromatic amines is 1. The summed E-state index contributed by atoms with van der Waals surface area (Å²) in [5.74, 6) is 0.168. The molecule has 0 spiro atoms. The molecule has 10 nitrogen and oxygen atoms in total. The third-order valence-corrected chi connectivity index (χ3v) is 4.59. The van der Waals surface area contributed by atoms with E-state index in [4.69, 9.17) is 4.74 Å². The van der Waals surface area contributed by atoms with Crippen LogP contribution in [-0.4, -0.2) is 45.4 Å². The van der Waals surface area contributed by atoms with Crippen LogP contribution in [0.2, 0.25) is 0 Å². The summed E-state index contributed by atoms with van der Waals surface area (Å²) in [6.07, 6.45) is 3.91. The van der Waals surface area contributed by atoms with Crippen molar-refractivity contribution < 1.29 is 14.3 Å². The first-order chi connectivity index (χ1) is 14.1. The summed E-state index contributed by atoms with van der Waals surface area (Å²) in [5, 5.41) is 20.0. The van der Waals surface area contributed by atoms with Crippen molar-refractivity contribution in [2.45, 2.75) is 19.5 Å². The molecule has 0 radical (unpaired) electrons. The highest BCUT2D eigenvalue weighted by Gasteiger charge is 2.22. The number of carbonyl (C=O) groups is 2. The molecule has 0 aliphatic carbocycles. The predicted octanol–water partition coefficient (Wildman–Crippen LogP) is 1.57. The SMILES string of the molecule is COc1ccc(NC(=O)Cn2cc(NC(=O)c3n[nH]c4c3CNCC4)cn2)cc1.Cl. The van der Waals surface area contributed by atoms with Crippen LogP contribution in [0.4, 0.5) is 11.4 Å². The number of methoxy groups -OCH3 is 1. The molecule has 3 heterocycles. The van der Waals surface area contributed by atoms with Crippen LogP contribution in [0.3, 0.4) is 0 Å². The minimum atomic E-state index is -0.312. The molecule has 2 amide bonds. The van der Waals surface area contributed by atoms with Gasteiger partial charge >= 0.3 is 0 Å². The number of benzene rings is 1. The van der Waals surface area contributed by atoms with Gasteiger partial charge in [-0.1, -0.05) is 0 Å². The van der Waals surface area contributed by atoms with Gasteiger partial charge in [-0.2, -0.15) is 10.2 Å². The summed E-state index contributed by atoms with van der Waals surface area (Å²) in [6, 6.07) is 7.04. The van der Waals surface area contributed by atoms with Crippen LogP contribution in [0, 0.1) is 0 Å². The average Bonchev–Trinajstić information content (AvgIpc) is 3.35. The summed E-state index contributed by atoms with van der Waals surface area (Å²) in [7, 11) is 1.58. The van der Waals surface area contributed by atoms with Gasteiger partial charge in [0.1, 0.15) is 12.3 Å². The van der Waals surface area contributed by atoms with Gasteiger partial charge in [0.05, 0.1) is 19.0 Å². The number of ether oxygens (including phenoxy) is 1. The van der Waals surface area contributed by atoms with Crippen LogP contribution < -0.4 is 20.7 Å². The standard InChI is InChI=1S/C19H21N7O3.ClH/c1-29-14-4-2-12(3-5-14)22-17(27)11-26-10-13(8-21-26)23-19(28)18-15-9-20-7-6-16(15)24-25-18;/h2-5,8,10,20H,6-7,9,11H2,1H3,(H,22,27)(H,23,28)(H,24,25);1H. The molecule has 0 saturated heterocycles. The largest absolute Gasteiger partial charge is 0.497 e. The molecule has 1 aliphatic heterocycles. The van der Waals surface area contributed by atoms with Gasteiger partial charge < -0.3 is 20.7 Å². The van der Waals surface area contributed by atoms with Crippen molar-refractivity contribution in [2.75, 3.05) is 24.3 Å². The predicted molar refractivity (Wildman–Crippen MR) is 113 cm³/mol. The Balaban J connectivity index is 0.00000256. The number of anilines is 2. The Labute approximate surface area is 178 Å². The molecule has 0 atom stereocenters. The average molecular weight is 432 g/mol. The first-order valence-electron chi connectivity index (χ1n) is 9.17. The fourth-order valence-electron chi connectivity index (χ4n) is 3.14. The number of rotatable bonds is 6. The minimum absolute atomic E-state index is 0. The highest BCUT2D eigenvalue weighted by Crippen LogP contribution is 2.17. The van der Waals surface area contributed by atoms with Crippen LogP contribution in [0.1, 0.15) is 21.7 Å². The highest BCUT2D eigenvalue weighted by molar-refractivity contribution is 6.04. The Morgan fingerprint density at radius 2 is 2.00 bits per heavy atom. The van der Waals surface area contributed by atoms with Crippen molar-refractivity contribution in [3.05, 3.63) is 53.6 Å². The van der Waals surface area contributed by atoms with Crippen LogP contribution in [0.15, 0.2) is 36.7 Å². The van der Waals surface area contributed by atoms with E-state index in [-0.39, 0.29) is 30.8 Å². The topological polar surface area (TPSA) is 126 Å². The van der Waals surface area contributed by atoms with Crippen molar-refractivity contribution in [3.8, 4) is 5.75 Å². The number of amides is 2. The number of carbonyl (C=O) groups excluding carboxylic acids is 2. The molecule has 0 unspecified atom stereocenters. The van der Waals surface area contributed by atoms with Gasteiger partial charge in [0.2, 0.25) is 5.91 Å². The number of aromatic nitrogens is 4. The fraction of sp³-hybridized carbons (Fsp3) is 0.263. The fourth-order valence-corrected chi connectivity index (χ4v) is 3.14. The number of nitrogens with zero attached hydrogens (tertiary/aromatic N) is 3. The van der Waals surface area contributed by atoms with Gasteiger partial charge in [-0.05, 0) is 24.3 Å². The van der Waals surface area contributed by atoms with E-state index in [0.717, 1.165) is 24.2 Å². The van der Waals surface area contributed by atoms with Gasteiger partial charge in [-0.3, -0.25) is 19.4 Å². The number of hydrogen-bond donors (Lipinski definition) is 4. The van der Waals surface area contributed by atoms with E-state index in [0.29, 0.717) is 29.4 Å². The van der Waals surface area contributed by atoms with E-state index in [1.165, 1.54) is 10.9 Å². The molecule has 30 heavy (non-hydrogen) atoms. The summed E-state index contributed by atoms with van der Waals surface area (Å²) in [4.78, 5) is 24.7. The summed E-state index contributed by atoms with van der Waals surface area (Å²) >= 11 is 0. The maximum absolute atomic E-state index is 12.5. The van der Waals surface area contributed by atoms with Crippen LogP contribution in [0.5, 0.6) is 5.75 Å². The monoisotopic (exact) mass is 431 g/mol. The van der Waals surface area contributed by atoms with E-state index in [1.807, 2.05) is 0 Å². The highest BCUT2D eigenvalue weighted by atomic mass is 35.5.